The third-order valence-electron chi connectivity index (χ3n) is 11.3. The van der Waals surface area contributed by atoms with Crippen molar-refractivity contribution in [3.05, 3.63) is 218 Å². The molecule has 0 saturated heterocycles. The van der Waals surface area contributed by atoms with Gasteiger partial charge in [-0.05, 0) is 123 Å². The second-order valence-electron chi connectivity index (χ2n) is 14.6. The van der Waals surface area contributed by atoms with E-state index in [1.165, 1.54) is 93.8 Å². The third kappa shape index (κ3) is 5.34. The lowest BCUT2D eigenvalue weighted by atomic mass is 9.93. The first kappa shape index (κ1) is 32.0. The van der Waals surface area contributed by atoms with Crippen LogP contribution in [0.5, 0.6) is 0 Å². The molecule has 262 valence electrons. The fourth-order valence-corrected chi connectivity index (χ4v) is 8.63. The first-order valence-corrected chi connectivity index (χ1v) is 19.3. The van der Waals surface area contributed by atoms with Crippen LogP contribution in [0.25, 0.3) is 99.5 Å². The molecule has 0 bridgehead atoms. The zero-order chi connectivity index (χ0) is 37.0. The van der Waals surface area contributed by atoms with Crippen LogP contribution in [0, 0.1) is 0 Å². The summed E-state index contributed by atoms with van der Waals surface area (Å²) in [5, 5.41) is 5.02. The van der Waals surface area contributed by atoms with E-state index in [1.54, 1.807) is 0 Å². The maximum Gasteiger partial charge on any atom is 0.0541 e. The zero-order valence-electron chi connectivity index (χ0n) is 30.7. The topological polar surface area (TPSA) is 9.86 Å². The number of hydrogen-bond acceptors (Lipinski definition) is 0. The molecule has 56 heavy (non-hydrogen) atoms. The molecular formula is C54H36N2. The molecule has 11 aromatic rings. The summed E-state index contributed by atoms with van der Waals surface area (Å²) in [6, 6.07) is 79.4. The third-order valence-corrected chi connectivity index (χ3v) is 11.3. The van der Waals surface area contributed by atoms with Gasteiger partial charge in [-0.2, -0.15) is 0 Å². The Balaban J connectivity index is 1.01. The van der Waals surface area contributed by atoms with Gasteiger partial charge in [0.1, 0.15) is 0 Å². The number of aromatic nitrogens is 2. The van der Waals surface area contributed by atoms with Crippen molar-refractivity contribution < 1.29 is 0 Å². The minimum Gasteiger partial charge on any atom is -0.309 e. The van der Waals surface area contributed by atoms with Crippen molar-refractivity contribution in [1.29, 1.82) is 0 Å². The Hall–Kier alpha value is -7.42. The average Bonchev–Trinajstić information content (AvgIpc) is 3.79. The van der Waals surface area contributed by atoms with Crippen LogP contribution in [0.15, 0.2) is 218 Å². The van der Waals surface area contributed by atoms with Crippen molar-refractivity contribution in [3.8, 4) is 55.9 Å². The summed E-state index contributed by atoms with van der Waals surface area (Å²) in [7, 11) is 0. The van der Waals surface area contributed by atoms with Crippen LogP contribution in [0.2, 0.25) is 0 Å². The number of rotatable bonds is 6. The normalized spacial score (nSPS) is 11.6. The van der Waals surface area contributed by atoms with Gasteiger partial charge >= 0.3 is 0 Å². The number of benzene rings is 9. The fourth-order valence-electron chi connectivity index (χ4n) is 8.63. The second kappa shape index (κ2) is 13.2. The maximum atomic E-state index is 2.41. The fraction of sp³-hybridized carbons (Fsp3) is 0. The highest BCUT2D eigenvalue weighted by Crippen LogP contribution is 2.39. The van der Waals surface area contributed by atoms with Crippen LogP contribution < -0.4 is 0 Å². The van der Waals surface area contributed by atoms with Gasteiger partial charge in [-0.1, -0.05) is 140 Å². The van der Waals surface area contributed by atoms with Crippen molar-refractivity contribution in [2.24, 2.45) is 0 Å². The van der Waals surface area contributed by atoms with E-state index in [-0.39, 0.29) is 0 Å². The second-order valence-corrected chi connectivity index (χ2v) is 14.6. The van der Waals surface area contributed by atoms with E-state index in [2.05, 4.69) is 228 Å². The van der Waals surface area contributed by atoms with Crippen LogP contribution >= 0.6 is 0 Å². The molecule has 2 aromatic heterocycles. The van der Waals surface area contributed by atoms with Gasteiger partial charge in [0.2, 0.25) is 0 Å². The van der Waals surface area contributed by atoms with Gasteiger partial charge in [0.05, 0.1) is 22.1 Å². The summed E-state index contributed by atoms with van der Waals surface area (Å²) in [4.78, 5) is 0. The summed E-state index contributed by atoms with van der Waals surface area (Å²) in [5.41, 5.74) is 16.8. The van der Waals surface area contributed by atoms with Gasteiger partial charge in [-0.3, -0.25) is 0 Å². The molecule has 2 heterocycles. The van der Waals surface area contributed by atoms with Gasteiger partial charge in [-0.25, -0.2) is 0 Å². The summed E-state index contributed by atoms with van der Waals surface area (Å²) < 4.78 is 4.78. The zero-order valence-corrected chi connectivity index (χ0v) is 30.7. The van der Waals surface area contributed by atoms with E-state index in [4.69, 9.17) is 0 Å². The molecule has 0 atom stereocenters. The van der Waals surface area contributed by atoms with Crippen LogP contribution in [0.4, 0.5) is 0 Å². The molecule has 0 amide bonds. The largest absolute Gasteiger partial charge is 0.309 e. The van der Waals surface area contributed by atoms with Crippen molar-refractivity contribution in [2.75, 3.05) is 0 Å². The number of hydrogen-bond donors (Lipinski definition) is 0. The van der Waals surface area contributed by atoms with E-state index < -0.39 is 0 Å². The Morgan fingerprint density at radius 3 is 1.00 bits per heavy atom. The molecule has 0 fully saturated rings. The van der Waals surface area contributed by atoms with Crippen molar-refractivity contribution in [2.45, 2.75) is 0 Å². The Morgan fingerprint density at radius 1 is 0.196 bits per heavy atom. The number of fused-ring (bicyclic) bond motifs is 6. The van der Waals surface area contributed by atoms with E-state index in [0.717, 1.165) is 5.69 Å². The molecule has 9 aromatic carbocycles. The molecule has 0 unspecified atom stereocenters. The SMILES string of the molecule is c1ccc(-c2cc(-c3ccccc3)cc(-c3ccc(-n4c5ccccc5c5cc(-c6ccc7c(c6)c6ccccc6n7-c6ccccc6)ccc54)cc3)c2)cc1. The molecule has 11 rings (SSSR count). The van der Waals surface area contributed by atoms with Gasteiger partial charge in [0.25, 0.3) is 0 Å². The summed E-state index contributed by atoms with van der Waals surface area (Å²) in [6.45, 7) is 0. The summed E-state index contributed by atoms with van der Waals surface area (Å²) in [6.07, 6.45) is 0. The van der Waals surface area contributed by atoms with E-state index >= 15 is 0 Å². The minimum absolute atomic E-state index is 1.14. The lowest BCUT2D eigenvalue weighted by molar-refractivity contribution is 1.18. The van der Waals surface area contributed by atoms with Gasteiger partial charge in [0, 0.05) is 32.9 Å². The molecule has 2 heteroatoms. The molecule has 0 spiro atoms. The minimum atomic E-state index is 1.14. The Labute approximate surface area is 325 Å². The molecule has 2 nitrogen and oxygen atoms in total. The standard InChI is InChI=1S/C54H36N2/c1-4-14-37(15-5-1)42-32-43(38-16-6-2-7-17-38)34-44(33-42)39-24-28-46(29-25-39)56-52-23-13-11-21-48(52)50-36-41(27-31-54(50)56)40-26-30-53-49(35-40)47-20-10-12-22-51(47)55(53)45-18-8-3-9-19-45/h1-36H. The highest BCUT2D eigenvalue weighted by Gasteiger charge is 2.16. The quantitative estimate of drug-likeness (QED) is 0.162. The highest BCUT2D eigenvalue weighted by atomic mass is 15.0. The Morgan fingerprint density at radius 2 is 0.536 bits per heavy atom. The Kier molecular flexibility index (Phi) is 7.53. The smallest absolute Gasteiger partial charge is 0.0541 e. The number of para-hydroxylation sites is 3. The molecule has 0 N–H and O–H groups in total. The lowest BCUT2D eigenvalue weighted by Gasteiger charge is -2.13. The highest BCUT2D eigenvalue weighted by molar-refractivity contribution is 6.12. The van der Waals surface area contributed by atoms with Crippen LogP contribution in [-0.2, 0) is 0 Å². The predicted molar refractivity (Wildman–Crippen MR) is 237 cm³/mol. The van der Waals surface area contributed by atoms with Crippen LogP contribution in [0.3, 0.4) is 0 Å². The molecule has 0 saturated carbocycles. The van der Waals surface area contributed by atoms with Crippen molar-refractivity contribution in [1.82, 2.24) is 9.13 Å². The van der Waals surface area contributed by atoms with Crippen molar-refractivity contribution >= 4 is 43.6 Å². The van der Waals surface area contributed by atoms with Gasteiger partial charge in [0.15, 0.2) is 0 Å². The summed E-state index contributed by atoms with van der Waals surface area (Å²) in [5.74, 6) is 0. The monoisotopic (exact) mass is 712 g/mol. The number of nitrogens with zero attached hydrogens (tertiary/aromatic N) is 2. The molecule has 0 aliphatic carbocycles. The first-order chi connectivity index (χ1) is 27.8. The molecule has 0 aliphatic rings. The van der Waals surface area contributed by atoms with E-state index in [9.17, 15) is 0 Å². The maximum absolute atomic E-state index is 2.41. The van der Waals surface area contributed by atoms with E-state index in [0.29, 0.717) is 0 Å². The molecular weight excluding hydrogens is 677 g/mol. The van der Waals surface area contributed by atoms with Crippen LogP contribution in [-0.4, -0.2) is 9.13 Å². The van der Waals surface area contributed by atoms with E-state index in [1.807, 2.05) is 0 Å². The van der Waals surface area contributed by atoms with Crippen LogP contribution in [0.1, 0.15) is 0 Å². The summed E-state index contributed by atoms with van der Waals surface area (Å²) >= 11 is 0. The van der Waals surface area contributed by atoms with Crippen molar-refractivity contribution in [3.63, 3.8) is 0 Å². The molecule has 0 radical (unpaired) electrons. The van der Waals surface area contributed by atoms with Gasteiger partial charge < -0.3 is 9.13 Å². The van der Waals surface area contributed by atoms with Gasteiger partial charge in [-0.15, -0.1) is 0 Å². The predicted octanol–water partition coefficient (Wildman–Crippen LogP) is 14.5. The average molecular weight is 713 g/mol. The first-order valence-electron chi connectivity index (χ1n) is 19.3. The Bertz CT molecular complexity index is 3150. The lowest BCUT2D eigenvalue weighted by Crippen LogP contribution is -1.94. The molecule has 0 aliphatic heterocycles.